The van der Waals surface area contributed by atoms with Gasteiger partial charge in [0, 0.05) is 34.3 Å². The summed E-state index contributed by atoms with van der Waals surface area (Å²) < 4.78 is 32.7. The Morgan fingerprint density at radius 2 is 2.03 bits per heavy atom. The minimum atomic E-state index is -0.888. The van der Waals surface area contributed by atoms with Gasteiger partial charge in [0.25, 0.3) is 0 Å². The molecule has 10 heteroatoms. The molecule has 0 saturated carbocycles. The average molecular weight is 565 g/mol. The Hall–Kier alpha value is -2.46. The fourth-order valence-corrected chi connectivity index (χ4v) is 6.43. The summed E-state index contributed by atoms with van der Waals surface area (Å²) >= 11 is 7.73. The maximum absolute atomic E-state index is 13.9. The van der Waals surface area contributed by atoms with Gasteiger partial charge in [0.2, 0.25) is 0 Å². The molecule has 2 heterocycles. The highest BCUT2D eigenvalue weighted by Crippen LogP contribution is 2.43. The molecule has 0 radical (unpaired) electrons. The van der Waals surface area contributed by atoms with Crippen LogP contribution in [0, 0.1) is 17.0 Å². The number of hydrogen-bond donors (Lipinski definition) is 2. The smallest absolute Gasteiger partial charge is 0.303 e. The van der Waals surface area contributed by atoms with Crippen LogP contribution in [0.25, 0.3) is 10.9 Å². The van der Waals surface area contributed by atoms with Crippen LogP contribution in [0.3, 0.4) is 0 Å². The van der Waals surface area contributed by atoms with Crippen LogP contribution in [0.5, 0.6) is 5.75 Å². The zero-order valence-electron chi connectivity index (χ0n) is 21.1. The number of carboxylic acids is 1. The number of aliphatic hydroxyl groups is 1. The number of piperidine rings is 1. The molecule has 1 atom stereocenters. The number of rotatable bonds is 11. The topological polar surface area (TPSA) is 82.9 Å². The fourth-order valence-electron chi connectivity index (χ4n) is 5.19. The van der Waals surface area contributed by atoms with Crippen molar-refractivity contribution in [3.8, 4) is 5.75 Å². The van der Waals surface area contributed by atoms with E-state index in [1.54, 1.807) is 25.3 Å². The van der Waals surface area contributed by atoms with Crippen molar-refractivity contribution in [1.82, 2.24) is 9.88 Å². The van der Waals surface area contributed by atoms with Gasteiger partial charge in [0.1, 0.15) is 5.75 Å². The van der Waals surface area contributed by atoms with E-state index in [1.165, 1.54) is 24.0 Å². The molecule has 0 aliphatic carbocycles. The molecule has 1 aromatic heterocycles. The maximum Gasteiger partial charge on any atom is 0.303 e. The molecule has 0 bridgehead atoms. The maximum atomic E-state index is 13.9. The zero-order chi connectivity index (χ0) is 27.3. The van der Waals surface area contributed by atoms with Gasteiger partial charge in [-0.2, -0.15) is 0 Å². The summed E-state index contributed by atoms with van der Waals surface area (Å²) in [5, 5.41) is 21.9. The van der Waals surface area contributed by atoms with Gasteiger partial charge >= 0.3 is 5.97 Å². The number of carboxylic acid groups (broad SMARTS) is 1. The largest absolute Gasteiger partial charge is 0.497 e. The standard InChI is InChI=1S/C28H31ClF2N2O4S/c1-37-18-5-6-22-19(15-18)26(20(29)17-32-22)23(34)7-8-28(16-25(35)36)9-11-33(12-10-28)13-14-38-24-4-2-3-21(30)27(24)31/h2-6,15,17,23,34H,7-14,16H2,1H3,(H,35,36)/t23-/m0/s1. The fraction of sp³-hybridized carbons (Fsp3) is 0.429. The number of aliphatic hydroxyl groups excluding tert-OH is 1. The van der Waals surface area contributed by atoms with Gasteiger partial charge in [-0.1, -0.05) is 17.7 Å². The molecule has 0 amide bonds. The predicted octanol–water partition coefficient (Wildman–Crippen LogP) is 6.34. The van der Waals surface area contributed by atoms with E-state index >= 15 is 0 Å². The number of aliphatic carboxylic acids is 1. The number of aromatic nitrogens is 1. The molecule has 3 aromatic rings. The Bertz CT molecular complexity index is 1290. The second kappa shape index (κ2) is 12.6. The summed E-state index contributed by atoms with van der Waals surface area (Å²) in [5.41, 5.74) is 0.812. The minimum absolute atomic E-state index is 0.0233. The Morgan fingerprint density at radius 1 is 1.26 bits per heavy atom. The molecular weight excluding hydrogens is 534 g/mol. The summed E-state index contributed by atoms with van der Waals surface area (Å²) in [7, 11) is 1.57. The van der Waals surface area contributed by atoms with Crippen molar-refractivity contribution in [2.75, 3.05) is 32.5 Å². The normalized spacial score (nSPS) is 16.4. The summed E-state index contributed by atoms with van der Waals surface area (Å²) in [5.74, 6) is -1.31. The average Bonchev–Trinajstić information content (AvgIpc) is 2.90. The number of pyridine rings is 1. The second-order valence-electron chi connectivity index (χ2n) is 9.77. The molecule has 1 saturated heterocycles. The van der Waals surface area contributed by atoms with Crippen LogP contribution in [-0.4, -0.2) is 58.6 Å². The van der Waals surface area contributed by atoms with Gasteiger partial charge in [-0.05, 0) is 74.5 Å². The van der Waals surface area contributed by atoms with Crippen LogP contribution in [-0.2, 0) is 4.79 Å². The van der Waals surface area contributed by atoms with Crippen molar-refractivity contribution in [2.45, 2.75) is 43.1 Å². The molecule has 0 unspecified atom stereocenters. The Morgan fingerprint density at radius 3 is 2.74 bits per heavy atom. The monoisotopic (exact) mass is 564 g/mol. The van der Waals surface area contributed by atoms with Crippen LogP contribution >= 0.6 is 23.4 Å². The van der Waals surface area contributed by atoms with E-state index in [-0.39, 0.29) is 11.3 Å². The van der Waals surface area contributed by atoms with Gasteiger partial charge < -0.3 is 19.8 Å². The van der Waals surface area contributed by atoms with Crippen LogP contribution in [0.2, 0.25) is 5.02 Å². The molecular formula is C28H31ClF2N2O4S. The third kappa shape index (κ3) is 6.75. The van der Waals surface area contributed by atoms with Gasteiger partial charge in [0.15, 0.2) is 11.6 Å². The van der Waals surface area contributed by atoms with Crippen LogP contribution in [0.15, 0.2) is 47.5 Å². The SMILES string of the molecule is COc1ccc2ncc(Cl)c([C@@H](O)CCC3(CC(=O)O)CCN(CCSc4cccc(F)c4F)CC3)c2c1. The number of thioether (sulfide) groups is 1. The number of fused-ring (bicyclic) bond motifs is 1. The third-order valence-electron chi connectivity index (χ3n) is 7.37. The van der Waals surface area contributed by atoms with Crippen molar-refractivity contribution in [2.24, 2.45) is 5.41 Å². The number of benzene rings is 2. The summed E-state index contributed by atoms with van der Waals surface area (Å²) in [6.07, 6.45) is 2.89. The third-order valence-corrected chi connectivity index (χ3v) is 8.69. The van der Waals surface area contributed by atoms with Crippen LogP contribution in [0.1, 0.15) is 43.8 Å². The van der Waals surface area contributed by atoms with Crippen molar-refractivity contribution >= 4 is 40.2 Å². The first-order valence-corrected chi connectivity index (χ1v) is 13.9. The number of nitrogens with zero attached hydrogens (tertiary/aromatic N) is 2. The Balaban J connectivity index is 1.39. The van der Waals surface area contributed by atoms with Crippen molar-refractivity contribution in [3.63, 3.8) is 0 Å². The Labute approximate surface area is 230 Å². The highest BCUT2D eigenvalue weighted by Gasteiger charge is 2.37. The lowest BCUT2D eigenvalue weighted by molar-refractivity contribution is -0.141. The van der Waals surface area contributed by atoms with E-state index in [4.69, 9.17) is 16.3 Å². The first-order valence-electron chi connectivity index (χ1n) is 12.5. The molecule has 38 heavy (non-hydrogen) atoms. The van der Waals surface area contributed by atoms with Crippen molar-refractivity contribution < 1.29 is 28.5 Å². The highest BCUT2D eigenvalue weighted by atomic mass is 35.5. The van der Waals surface area contributed by atoms with Gasteiger partial charge in [-0.15, -0.1) is 11.8 Å². The Kier molecular flexibility index (Phi) is 9.46. The van der Waals surface area contributed by atoms with Crippen molar-refractivity contribution in [1.29, 1.82) is 0 Å². The number of likely N-dealkylation sites (tertiary alicyclic amines) is 1. The molecule has 1 aliphatic heterocycles. The number of halogens is 3. The lowest BCUT2D eigenvalue weighted by Crippen LogP contribution is -2.42. The summed E-state index contributed by atoms with van der Waals surface area (Å²) in [6, 6.07) is 9.56. The summed E-state index contributed by atoms with van der Waals surface area (Å²) in [4.78, 5) is 18.6. The number of hydrogen-bond acceptors (Lipinski definition) is 6. The van der Waals surface area contributed by atoms with E-state index < -0.39 is 29.1 Å². The zero-order valence-corrected chi connectivity index (χ0v) is 22.7. The number of methoxy groups -OCH3 is 1. The van der Waals surface area contributed by atoms with Gasteiger partial charge in [-0.3, -0.25) is 9.78 Å². The molecule has 6 nitrogen and oxygen atoms in total. The molecule has 4 rings (SSSR count). The van der Waals surface area contributed by atoms with Gasteiger partial charge in [-0.25, -0.2) is 8.78 Å². The second-order valence-corrected chi connectivity index (χ2v) is 11.3. The minimum Gasteiger partial charge on any atom is -0.497 e. The number of ether oxygens (including phenoxy) is 1. The van der Waals surface area contributed by atoms with E-state index in [2.05, 4.69) is 9.88 Å². The quantitative estimate of drug-likeness (QED) is 0.263. The molecule has 1 fully saturated rings. The van der Waals surface area contributed by atoms with Crippen LogP contribution < -0.4 is 4.74 Å². The van der Waals surface area contributed by atoms with E-state index in [0.717, 1.165) is 6.07 Å². The van der Waals surface area contributed by atoms with Crippen LogP contribution in [0.4, 0.5) is 8.78 Å². The van der Waals surface area contributed by atoms with Crippen molar-refractivity contribution in [3.05, 3.63) is 64.8 Å². The van der Waals surface area contributed by atoms with E-state index in [1.807, 2.05) is 6.07 Å². The molecule has 0 spiro atoms. The van der Waals surface area contributed by atoms with E-state index in [0.29, 0.717) is 78.3 Å². The summed E-state index contributed by atoms with van der Waals surface area (Å²) in [6.45, 7) is 2.09. The molecule has 2 aromatic carbocycles. The highest BCUT2D eigenvalue weighted by molar-refractivity contribution is 7.99. The number of carbonyl (C=O) groups is 1. The lowest BCUT2D eigenvalue weighted by atomic mass is 9.71. The van der Waals surface area contributed by atoms with Gasteiger partial charge in [0.05, 0.1) is 30.2 Å². The predicted molar refractivity (Wildman–Crippen MR) is 145 cm³/mol. The molecule has 2 N–H and O–H groups in total. The molecule has 1 aliphatic rings. The first-order chi connectivity index (χ1) is 18.2. The molecule has 204 valence electrons. The van der Waals surface area contributed by atoms with E-state index in [9.17, 15) is 23.8 Å². The lowest BCUT2D eigenvalue weighted by Gasteiger charge is -2.41. The first kappa shape index (κ1) is 28.5.